The predicted molar refractivity (Wildman–Crippen MR) is 78.9 cm³/mol. The summed E-state index contributed by atoms with van der Waals surface area (Å²) in [5, 5.41) is 15.3. The molecule has 98 valence electrons. The Balaban J connectivity index is 1.71. The Morgan fingerprint density at radius 1 is 1.05 bits per heavy atom. The maximum atomic E-state index is 9.13. The molecule has 0 fully saturated rings. The van der Waals surface area contributed by atoms with Crippen LogP contribution in [-0.2, 0) is 6.54 Å². The summed E-state index contributed by atoms with van der Waals surface area (Å²) < 4.78 is 0. The molecule has 2 N–H and O–H groups in total. The van der Waals surface area contributed by atoms with Gasteiger partial charge in [-0.1, -0.05) is 54.6 Å². The average Bonchev–Trinajstić information content (AvgIpc) is 2.93. The maximum absolute atomic E-state index is 9.13. The first-order chi connectivity index (χ1) is 9.36. The minimum Gasteiger partial charge on any atom is -0.396 e. The summed E-state index contributed by atoms with van der Waals surface area (Å²) in [4.78, 5) is 0. The van der Waals surface area contributed by atoms with E-state index in [4.69, 9.17) is 5.11 Å². The largest absolute Gasteiger partial charge is 0.396 e. The SMILES string of the molecule is OC[C@H]1C=C[C@@H](NCc2cccc3ccccc23)C1. The predicted octanol–water partition coefficient (Wildman–Crippen LogP) is 2.87. The van der Waals surface area contributed by atoms with Gasteiger partial charge >= 0.3 is 0 Å². The lowest BCUT2D eigenvalue weighted by Crippen LogP contribution is -2.26. The fourth-order valence-electron chi connectivity index (χ4n) is 2.75. The summed E-state index contributed by atoms with van der Waals surface area (Å²) in [5.74, 6) is 0.324. The quantitative estimate of drug-likeness (QED) is 0.821. The summed E-state index contributed by atoms with van der Waals surface area (Å²) in [6.45, 7) is 1.12. The molecule has 0 aliphatic heterocycles. The third-order valence-corrected chi connectivity index (χ3v) is 3.84. The van der Waals surface area contributed by atoms with Crippen LogP contribution in [0.3, 0.4) is 0 Å². The molecule has 2 aromatic rings. The number of benzene rings is 2. The van der Waals surface area contributed by atoms with Crippen LogP contribution in [-0.4, -0.2) is 17.8 Å². The molecule has 1 aliphatic carbocycles. The van der Waals surface area contributed by atoms with Crippen molar-refractivity contribution in [2.45, 2.75) is 19.0 Å². The summed E-state index contributed by atoms with van der Waals surface area (Å²) in [6.07, 6.45) is 5.29. The van der Waals surface area contributed by atoms with E-state index >= 15 is 0 Å². The van der Waals surface area contributed by atoms with Gasteiger partial charge in [0.1, 0.15) is 0 Å². The number of nitrogens with one attached hydrogen (secondary N) is 1. The lowest BCUT2D eigenvalue weighted by atomic mass is 10.0. The van der Waals surface area contributed by atoms with E-state index in [1.807, 2.05) is 0 Å². The van der Waals surface area contributed by atoms with E-state index in [0.717, 1.165) is 13.0 Å². The topological polar surface area (TPSA) is 32.3 Å². The van der Waals surface area contributed by atoms with Crippen LogP contribution in [0.25, 0.3) is 10.8 Å². The van der Waals surface area contributed by atoms with Gasteiger partial charge in [0.05, 0.1) is 0 Å². The van der Waals surface area contributed by atoms with Crippen LogP contribution in [0, 0.1) is 5.92 Å². The van der Waals surface area contributed by atoms with Crippen LogP contribution in [0.1, 0.15) is 12.0 Å². The second-order valence-corrected chi connectivity index (χ2v) is 5.19. The van der Waals surface area contributed by atoms with Crippen molar-refractivity contribution in [2.24, 2.45) is 5.92 Å². The van der Waals surface area contributed by atoms with E-state index in [-0.39, 0.29) is 6.61 Å². The van der Waals surface area contributed by atoms with Crippen molar-refractivity contribution in [1.29, 1.82) is 0 Å². The number of fused-ring (bicyclic) bond motifs is 1. The molecule has 0 radical (unpaired) electrons. The van der Waals surface area contributed by atoms with Crippen molar-refractivity contribution in [2.75, 3.05) is 6.61 Å². The maximum Gasteiger partial charge on any atom is 0.0494 e. The molecule has 0 bridgehead atoms. The highest BCUT2D eigenvalue weighted by molar-refractivity contribution is 5.85. The van der Waals surface area contributed by atoms with Crippen LogP contribution >= 0.6 is 0 Å². The molecule has 2 nitrogen and oxygen atoms in total. The van der Waals surface area contributed by atoms with Gasteiger partial charge in [-0.2, -0.15) is 0 Å². The van der Waals surface area contributed by atoms with Gasteiger partial charge in [-0.25, -0.2) is 0 Å². The summed E-state index contributed by atoms with van der Waals surface area (Å²) >= 11 is 0. The van der Waals surface area contributed by atoms with E-state index in [2.05, 4.69) is 59.9 Å². The lowest BCUT2D eigenvalue weighted by molar-refractivity contribution is 0.246. The van der Waals surface area contributed by atoms with Crippen molar-refractivity contribution in [1.82, 2.24) is 5.32 Å². The van der Waals surface area contributed by atoms with Crippen LogP contribution in [0.15, 0.2) is 54.6 Å². The monoisotopic (exact) mass is 253 g/mol. The molecule has 19 heavy (non-hydrogen) atoms. The van der Waals surface area contributed by atoms with E-state index in [1.54, 1.807) is 0 Å². The second kappa shape index (κ2) is 5.55. The third kappa shape index (κ3) is 2.70. The fourth-order valence-corrected chi connectivity index (χ4v) is 2.75. The highest BCUT2D eigenvalue weighted by Gasteiger charge is 2.17. The lowest BCUT2D eigenvalue weighted by Gasteiger charge is -2.14. The van der Waals surface area contributed by atoms with Gasteiger partial charge in [0.25, 0.3) is 0 Å². The van der Waals surface area contributed by atoms with E-state index in [1.165, 1.54) is 16.3 Å². The highest BCUT2D eigenvalue weighted by Crippen LogP contribution is 2.20. The molecule has 2 atom stereocenters. The van der Waals surface area contributed by atoms with Gasteiger partial charge in [0.15, 0.2) is 0 Å². The van der Waals surface area contributed by atoms with Crippen molar-refractivity contribution in [3.63, 3.8) is 0 Å². The second-order valence-electron chi connectivity index (χ2n) is 5.19. The van der Waals surface area contributed by atoms with E-state index < -0.39 is 0 Å². The van der Waals surface area contributed by atoms with Crippen LogP contribution in [0.5, 0.6) is 0 Å². The molecule has 3 rings (SSSR count). The summed E-state index contributed by atoms with van der Waals surface area (Å²) in [5.41, 5.74) is 1.33. The van der Waals surface area contributed by atoms with Crippen molar-refractivity contribution in [3.05, 3.63) is 60.2 Å². The number of rotatable bonds is 4. The first-order valence-electron chi connectivity index (χ1n) is 6.86. The zero-order valence-electron chi connectivity index (χ0n) is 10.9. The normalized spacial score (nSPS) is 22.2. The average molecular weight is 253 g/mol. The van der Waals surface area contributed by atoms with Crippen LogP contribution < -0.4 is 5.32 Å². The minimum absolute atomic E-state index is 0.253. The van der Waals surface area contributed by atoms with Crippen molar-refractivity contribution >= 4 is 10.8 Å². The Morgan fingerprint density at radius 2 is 1.89 bits per heavy atom. The minimum atomic E-state index is 0.253. The van der Waals surface area contributed by atoms with Crippen LogP contribution in [0.2, 0.25) is 0 Å². The standard InChI is InChI=1S/C17H19NO/c19-12-13-8-9-16(10-13)18-11-15-6-3-5-14-4-1-2-7-17(14)15/h1-9,13,16,18-19H,10-12H2/t13-,16+/m0/s1. The highest BCUT2D eigenvalue weighted by atomic mass is 16.3. The zero-order valence-corrected chi connectivity index (χ0v) is 10.9. The van der Waals surface area contributed by atoms with Gasteiger partial charge in [-0.05, 0) is 22.8 Å². The Hall–Kier alpha value is -1.64. The molecular formula is C17H19NO. The molecule has 0 spiro atoms. The Kier molecular flexibility index (Phi) is 3.62. The van der Waals surface area contributed by atoms with Crippen LogP contribution in [0.4, 0.5) is 0 Å². The molecule has 0 unspecified atom stereocenters. The first kappa shape index (κ1) is 12.4. The van der Waals surface area contributed by atoms with Gasteiger partial charge in [0, 0.05) is 25.1 Å². The summed E-state index contributed by atoms with van der Waals surface area (Å²) in [6, 6.07) is 15.3. The molecule has 0 heterocycles. The first-order valence-corrected chi connectivity index (χ1v) is 6.86. The van der Waals surface area contributed by atoms with Crippen molar-refractivity contribution in [3.8, 4) is 0 Å². The molecule has 2 aromatic carbocycles. The van der Waals surface area contributed by atoms with Gasteiger partial charge in [-0.15, -0.1) is 0 Å². The van der Waals surface area contributed by atoms with Gasteiger partial charge in [0.2, 0.25) is 0 Å². The zero-order chi connectivity index (χ0) is 13.1. The Bertz CT molecular complexity index is 585. The van der Waals surface area contributed by atoms with Gasteiger partial charge in [-0.3, -0.25) is 0 Å². The smallest absolute Gasteiger partial charge is 0.0494 e. The van der Waals surface area contributed by atoms with Gasteiger partial charge < -0.3 is 10.4 Å². The third-order valence-electron chi connectivity index (χ3n) is 3.84. The number of aliphatic hydroxyl groups excluding tert-OH is 1. The van der Waals surface area contributed by atoms with E-state index in [9.17, 15) is 0 Å². The summed E-state index contributed by atoms with van der Waals surface area (Å²) in [7, 11) is 0. The van der Waals surface area contributed by atoms with Crippen molar-refractivity contribution < 1.29 is 5.11 Å². The Labute approximate surface area is 113 Å². The number of hydrogen-bond donors (Lipinski definition) is 2. The molecule has 2 heteroatoms. The molecule has 1 aliphatic rings. The van der Waals surface area contributed by atoms with E-state index in [0.29, 0.717) is 12.0 Å². The molecular weight excluding hydrogens is 234 g/mol. The molecule has 0 saturated heterocycles. The fraction of sp³-hybridized carbons (Fsp3) is 0.294. The number of aliphatic hydroxyl groups is 1. The molecule has 0 aromatic heterocycles. The Morgan fingerprint density at radius 3 is 2.74 bits per heavy atom. The molecule has 0 amide bonds. The molecule has 0 saturated carbocycles. The number of hydrogen-bond acceptors (Lipinski definition) is 2.